The summed E-state index contributed by atoms with van der Waals surface area (Å²) < 4.78 is 52.2. The van der Waals surface area contributed by atoms with Gasteiger partial charge in [-0.2, -0.15) is 0 Å². The van der Waals surface area contributed by atoms with Gasteiger partial charge in [0, 0.05) is 13.6 Å². The Labute approximate surface area is 110 Å². The Bertz CT molecular complexity index is 550. The molecule has 7 heteroatoms. The third-order valence-electron chi connectivity index (χ3n) is 3.31. The van der Waals surface area contributed by atoms with Gasteiger partial charge in [-0.25, -0.2) is 21.5 Å². The van der Waals surface area contributed by atoms with Gasteiger partial charge in [-0.1, -0.05) is 6.07 Å². The molecule has 0 amide bonds. The molecule has 19 heavy (non-hydrogen) atoms. The normalized spacial score (nSPS) is 23.4. The van der Waals surface area contributed by atoms with Gasteiger partial charge in [0.05, 0.1) is 6.10 Å². The summed E-state index contributed by atoms with van der Waals surface area (Å²) in [5, 5.41) is 9.15. The highest BCUT2D eigenvalue weighted by Crippen LogP contribution is 2.30. The molecule has 1 aliphatic rings. The molecule has 0 radical (unpaired) electrons. The molecule has 0 spiro atoms. The lowest BCUT2D eigenvalue weighted by Gasteiger charge is -2.34. The molecule has 1 fully saturated rings. The zero-order valence-electron chi connectivity index (χ0n) is 10.4. The van der Waals surface area contributed by atoms with Crippen LogP contribution in [0.15, 0.2) is 23.1 Å². The number of hydrogen-bond donors (Lipinski definition) is 1. The number of rotatable bonds is 4. The van der Waals surface area contributed by atoms with Gasteiger partial charge >= 0.3 is 0 Å². The monoisotopic (exact) mass is 291 g/mol. The van der Waals surface area contributed by atoms with Crippen molar-refractivity contribution in [3.8, 4) is 0 Å². The molecule has 2 rings (SSSR count). The van der Waals surface area contributed by atoms with Crippen LogP contribution in [0.4, 0.5) is 8.78 Å². The number of hydrogen-bond acceptors (Lipinski definition) is 3. The summed E-state index contributed by atoms with van der Waals surface area (Å²) in [6.45, 7) is 0.146. The van der Waals surface area contributed by atoms with Crippen molar-refractivity contribution in [2.75, 3.05) is 13.6 Å². The van der Waals surface area contributed by atoms with E-state index in [1.807, 2.05) is 0 Å². The van der Waals surface area contributed by atoms with Gasteiger partial charge in [-0.05, 0) is 30.9 Å². The van der Waals surface area contributed by atoms with E-state index in [4.69, 9.17) is 5.11 Å². The van der Waals surface area contributed by atoms with Crippen LogP contribution < -0.4 is 0 Å². The summed E-state index contributed by atoms with van der Waals surface area (Å²) >= 11 is 0. The van der Waals surface area contributed by atoms with E-state index in [1.54, 1.807) is 0 Å². The fourth-order valence-corrected chi connectivity index (χ4v) is 3.54. The number of nitrogens with zero attached hydrogens (tertiary/aromatic N) is 1. The number of benzene rings is 1. The number of aliphatic hydroxyl groups is 1. The molecule has 1 aliphatic carbocycles. The molecular weight excluding hydrogens is 276 g/mol. The highest BCUT2D eigenvalue weighted by Gasteiger charge is 2.34. The Morgan fingerprint density at radius 3 is 2.32 bits per heavy atom. The van der Waals surface area contributed by atoms with Crippen LogP contribution in [0.1, 0.15) is 12.8 Å². The van der Waals surface area contributed by atoms with E-state index in [2.05, 4.69) is 0 Å². The molecule has 106 valence electrons. The van der Waals surface area contributed by atoms with Crippen LogP contribution in [-0.4, -0.2) is 37.5 Å². The summed E-state index contributed by atoms with van der Waals surface area (Å²) in [5.74, 6) is -2.16. The van der Waals surface area contributed by atoms with Crippen LogP contribution >= 0.6 is 0 Å². The van der Waals surface area contributed by atoms with Crippen LogP contribution in [0.5, 0.6) is 0 Å². The number of sulfonamides is 1. The zero-order chi connectivity index (χ0) is 14.2. The van der Waals surface area contributed by atoms with Crippen molar-refractivity contribution in [1.82, 2.24) is 4.31 Å². The Hall–Kier alpha value is -1.05. The lowest BCUT2D eigenvalue weighted by molar-refractivity contribution is 0.0367. The summed E-state index contributed by atoms with van der Waals surface area (Å²) in [4.78, 5) is -0.919. The van der Waals surface area contributed by atoms with Crippen molar-refractivity contribution in [2.45, 2.75) is 23.8 Å². The molecule has 0 aromatic heterocycles. The second-order valence-electron chi connectivity index (χ2n) is 4.83. The van der Waals surface area contributed by atoms with Crippen molar-refractivity contribution in [1.29, 1.82) is 0 Å². The minimum absolute atomic E-state index is 0.0320. The quantitative estimate of drug-likeness (QED) is 0.911. The van der Waals surface area contributed by atoms with Crippen molar-refractivity contribution in [3.05, 3.63) is 29.8 Å². The van der Waals surface area contributed by atoms with Gasteiger partial charge in [0.15, 0.2) is 4.90 Å². The minimum Gasteiger partial charge on any atom is -0.393 e. The lowest BCUT2D eigenvalue weighted by atomic mass is 9.82. The zero-order valence-corrected chi connectivity index (χ0v) is 11.2. The van der Waals surface area contributed by atoms with Gasteiger partial charge in [-0.15, -0.1) is 0 Å². The van der Waals surface area contributed by atoms with Crippen molar-refractivity contribution < 1.29 is 22.3 Å². The van der Waals surface area contributed by atoms with Crippen molar-refractivity contribution in [3.63, 3.8) is 0 Å². The van der Waals surface area contributed by atoms with Gasteiger partial charge in [0.1, 0.15) is 11.6 Å². The molecule has 0 heterocycles. The summed E-state index contributed by atoms with van der Waals surface area (Å²) in [6, 6.07) is 2.94. The molecule has 0 bridgehead atoms. The third kappa shape index (κ3) is 2.77. The highest BCUT2D eigenvalue weighted by molar-refractivity contribution is 7.89. The second-order valence-corrected chi connectivity index (χ2v) is 6.81. The van der Waals surface area contributed by atoms with E-state index in [-0.39, 0.29) is 12.5 Å². The molecule has 4 nitrogen and oxygen atoms in total. The molecule has 0 unspecified atom stereocenters. The standard InChI is InChI=1S/C12H15F2NO3S/c1-15(7-8-5-9(16)6-8)19(17,18)12-10(13)3-2-4-11(12)14/h2-4,8-9,16H,5-7H2,1H3. The van der Waals surface area contributed by atoms with Gasteiger partial charge < -0.3 is 5.11 Å². The Morgan fingerprint density at radius 2 is 1.84 bits per heavy atom. The van der Waals surface area contributed by atoms with E-state index in [9.17, 15) is 17.2 Å². The largest absolute Gasteiger partial charge is 0.393 e. The molecule has 1 aromatic rings. The Balaban J connectivity index is 2.22. The molecule has 0 saturated heterocycles. The SMILES string of the molecule is CN(CC1CC(O)C1)S(=O)(=O)c1c(F)cccc1F. The van der Waals surface area contributed by atoms with Crippen molar-refractivity contribution in [2.24, 2.45) is 5.92 Å². The van der Waals surface area contributed by atoms with Crippen LogP contribution in [0, 0.1) is 17.6 Å². The topological polar surface area (TPSA) is 57.6 Å². The maximum atomic E-state index is 13.5. The van der Waals surface area contributed by atoms with Gasteiger partial charge in [0.2, 0.25) is 10.0 Å². The van der Waals surface area contributed by atoms with Crippen LogP contribution in [-0.2, 0) is 10.0 Å². The highest BCUT2D eigenvalue weighted by atomic mass is 32.2. The first-order chi connectivity index (χ1) is 8.82. The maximum Gasteiger partial charge on any atom is 0.248 e. The second kappa shape index (κ2) is 5.15. The third-order valence-corrected chi connectivity index (χ3v) is 5.19. The first-order valence-electron chi connectivity index (χ1n) is 5.90. The fourth-order valence-electron chi connectivity index (χ4n) is 2.20. The van der Waals surface area contributed by atoms with Gasteiger partial charge in [0.25, 0.3) is 0 Å². The molecule has 1 aromatic carbocycles. The number of halogens is 2. The van der Waals surface area contributed by atoms with Gasteiger partial charge in [-0.3, -0.25) is 0 Å². The summed E-state index contributed by atoms with van der Waals surface area (Å²) in [5.41, 5.74) is 0. The average Bonchev–Trinajstić information content (AvgIpc) is 2.26. The van der Waals surface area contributed by atoms with E-state index in [0.29, 0.717) is 12.8 Å². The Morgan fingerprint density at radius 1 is 1.32 bits per heavy atom. The van der Waals surface area contributed by atoms with Crippen LogP contribution in [0.2, 0.25) is 0 Å². The first-order valence-corrected chi connectivity index (χ1v) is 7.34. The van der Waals surface area contributed by atoms with Crippen molar-refractivity contribution >= 4 is 10.0 Å². The van der Waals surface area contributed by atoms with Crippen LogP contribution in [0.25, 0.3) is 0 Å². The molecule has 0 atom stereocenters. The van der Waals surface area contributed by atoms with E-state index in [0.717, 1.165) is 22.5 Å². The first kappa shape index (κ1) is 14.4. The molecular formula is C12H15F2NO3S. The smallest absolute Gasteiger partial charge is 0.248 e. The average molecular weight is 291 g/mol. The van der Waals surface area contributed by atoms with Crippen LogP contribution in [0.3, 0.4) is 0 Å². The predicted molar refractivity (Wildman–Crippen MR) is 64.9 cm³/mol. The molecule has 1 N–H and O–H groups in total. The van der Waals surface area contributed by atoms with E-state index >= 15 is 0 Å². The summed E-state index contributed by atoms with van der Waals surface area (Å²) in [6.07, 6.45) is 0.630. The molecule has 0 aliphatic heterocycles. The van der Waals surface area contributed by atoms with E-state index < -0.39 is 32.7 Å². The number of aliphatic hydroxyl groups excluding tert-OH is 1. The fraction of sp³-hybridized carbons (Fsp3) is 0.500. The lowest BCUT2D eigenvalue weighted by Crippen LogP contribution is -2.39. The summed E-state index contributed by atoms with van der Waals surface area (Å²) in [7, 11) is -2.90. The predicted octanol–water partition coefficient (Wildman–Crippen LogP) is 1.36. The molecule has 1 saturated carbocycles. The van der Waals surface area contributed by atoms with E-state index in [1.165, 1.54) is 7.05 Å². The Kier molecular flexibility index (Phi) is 3.89. The maximum absolute atomic E-state index is 13.5. The minimum atomic E-state index is -4.19.